The highest BCUT2D eigenvalue weighted by molar-refractivity contribution is 7.80. The largest absolute Gasteiger partial charge is 0.372 e. The van der Waals surface area contributed by atoms with Crippen LogP contribution >= 0.6 is 12.2 Å². The van der Waals surface area contributed by atoms with Crippen LogP contribution in [0.1, 0.15) is 32.3 Å². The molecule has 0 aromatic heterocycles. The van der Waals surface area contributed by atoms with Crippen LogP contribution in [0.2, 0.25) is 0 Å². The molecule has 0 unspecified atom stereocenters. The van der Waals surface area contributed by atoms with E-state index in [0.717, 1.165) is 31.5 Å². The Bertz CT molecular complexity index is 615. The molecule has 3 rings (SSSR count). The maximum Gasteiger partial charge on any atom is 0.276 e. The minimum absolute atomic E-state index is 0.000296. The van der Waals surface area contributed by atoms with Crippen molar-refractivity contribution in [3.05, 3.63) is 35.5 Å². The number of carbonyl (C=O) groups excluding carboxylic acids is 1. The molecule has 1 aliphatic heterocycles. The average molecular weight is 315 g/mol. The number of nitrogens with zero attached hydrogens (tertiary/aromatic N) is 2. The number of benzene rings is 1. The summed E-state index contributed by atoms with van der Waals surface area (Å²) in [5.41, 5.74) is 2.78. The molecular formula is C17H21N3OS. The molecule has 0 spiro atoms. The van der Waals surface area contributed by atoms with Crippen molar-refractivity contribution in [1.29, 1.82) is 0 Å². The highest BCUT2D eigenvalue weighted by Gasteiger charge is 2.41. The molecule has 22 heavy (non-hydrogen) atoms. The molecule has 0 bridgehead atoms. The van der Waals surface area contributed by atoms with Crippen molar-refractivity contribution >= 4 is 35.0 Å². The van der Waals surface area contributed by atoms with E-state index >= 15 is 0 Å². The fraction of sp³-hybridized carbons (Fsp3) is 0.412. The fourth-order valence-corrected chi connectivity index (χ4v) is 3.09. The third-order valence-corrected chi connectivity index (χ3v) is 4.45. The number of thiocarbonyl (C=S) groups is 1. The maximum atomic E-state index is 12.4. The summed E-state index contributed by atoms with van der Waals surface area (Å²) in [5, 5.41) is 3.58. The van der Waals surface area contributed by atoms with E-state index in [1.807, 2.05) is 18.2 Å². The highest BCUT2D eigenvalue weighted by Crippen LogP contribution is 2.31. The lowest BCUT2D eigenvalue weighted by atomic mass is 10.1. The van der Waals surface area contributed by atoms with Gasteiger partial charge in [0, 0.05) is 24.8 Å². The molecule has 1 saturated heterocycles. The smallest absolute Gasteiger partial charge is 0.276 e. The van der Waals surface area contributed by atoms with Gasteiger partial charge in [0.15, 0.2) is 5.11 Å². The lowest BCUT2D eigenvalue weighted by Crippen LogP contribution is -2.32. The molecule has 116 valence electrons. The van der Waals surface area contributed by atoms with Crippen LogP contribution in [0.5, 0.6) is 0 Å². The highest BCUT2D eigenvalue weighted by atomic mass is 32.1. The van der Waals surface area contributed by atoms with Crippen LogP contribution in [-0.2, 0) is 4.79 Å². The Labute approximate surface area is 136 Å². The van der Waals surface area contributed by atoms with Crippen LogP contribution in [0, 0.1) is 0 Å². The first-order valence-corrected chi connectivity index (χ1v) is 8.26. The van der Waals surface area contributed by atoms with Gasteiger partial charge in [-0.05, 0) is 62.7 Å². The lowest BCUT2D eigenvalue weighted by Gasteiger charge is -2.20. The van der Waals surface area contributed by atoms with Crippen molar-refractivity contribution in [2.75, 3.05) is 18.0 Å². The van der Waals surface area contributed by atoms with Gasteiger partial charge in [-0.2, -0.15) is 0 Å². The Morgan fingerprint density at radius 3 is 2.45 bits per heavy atom. The van der Waals surface area contributed by atoms with Gasteiger partial charge in [-0.1, -0.05) is 12.1 Å². The van der Waals surface area contributed by atoms with Crippen LogP contribution in [0.4, 0.5) is 5.69 Å². The van der Waals surface area contributed by atoms with Crippen molar-refractivity contribution in [3.8, 4) is 0 Å². The van der Waals surface area contributed by atoms with Crippen molar-refractivity contribution in [2.45, 2.75) is 32.7 Å². The predicted octanol–water partition coefficient (Wildman–Crippen LogP) is 2.75. The summed E-state index contributed by atoms with van der Waals surface area (Å²) < 4.78 is 0. The minimum atomic E-state index is 0.000296. The summed E-state index contributed by atoms with van der Waals surface area (Å²) in [5.74, 6) is 0.000296. The van der Waals surface area contributed by atoms with Crippen LogP contribution in [0.15, 0.2) is 30.0 Å². The number of hydrogen-bond acceptors (Lipinski definition) is 3. The van der Waals surface area contributed by atoms with E-state index in [0.29, 0.717) is 16.9 Å². The summed E-state index contributed by atoms with van der Waals surface area (Å²) in [6, 6.07) is 8.58. The van der Waals surface area contributed by atoms with E-state index in [1.165, 1.54) is 5.69 Å². The maximum absolute atomic E-state index is 12.4. The molecule has 0 radical (unpaired) electrons. The summed E-state index contributed by atoms with van der Waals surface area (Å²) in [6.45, 7) is 6.27. The Kier molecular flexibility index (Phi) is 4.16. The Morgan fingerprint density at radius 1 is 1.27 bits per heavy atom. The Hall–Kier alpha value is -1.88. The van der Waals surface area contributed by atoms with E-state index < -0.39 is 0 Å². The van der Waals surface area contributed by atoms with Gasteiger partial charge in [-0.25, -0.2) is 0 Å². The lowest BCUT2D eigenvalue weighted by molar-refractivity contribution is -0.122. The standard InChI is InChI=1S/C17H21N3OS/c1-3-19(4-2)13-7-5-12(6-8-13)11-15-16(21)20(14-9-10-14)17(22)18-15/h5-8,11,14H,3-4,9-10H2,1-2H3,(H,18,22)/b15-11+. The molecule has 1 N–H and O–H groups in total. The number of anilines is 1. The monoisotopic (exact) mass is 315 g/mol. The topological polar surface area (TPSA) is 35.6 Å². The second kappa shape index (κ2) is 6.08. The molecule has 4 nitrogen and oxygen atoms in total. The molecule has 0 atom stereocenters. The normalized spacial score (nSPS) is 19.7. The summed E-state index contributed by atoms with van der Waals surface area (Å²) >= 11 is 5.26. The number of rotatable bonds is 5. The van der Waals surface area contributed by atoms with Crippen molar-refractivity contribution < 1.29 is 4.79 Å². The quantitative estimate of drug-likeness (QED) is 0.669. The molecule has 5 heteroatoms. The summed E-state index contributed by atoms with van der Waals surface area (Å²) in [4.78, 5) is 16.4. The molecular weight excluding hydrogens is 294 g/mol. The third-order valence-electron chi connectivity index (χ3n) is 4.15. The summed E-state index contributed by atoms with van der Waals surface area (Å²) in [7, 11) is 0. The van der Waals surface area contributed by atoms with Crippen molar-refractivity contribution in [2.24, 2.45) is 0 Å². The van der Waals surface area contributed by atoms with Gasteiger partial charge in [0.2, 0.25) is 0 Å². The van der Waals surface area contributed by atoms with Gasteiger partial charge in [0.25, 0.3) is 5.91 Å². The van der Waals surface area contributed by atoms with Gasteiger partial charge < -0.3 is 10.2 Å². The van der Waals surface area contributed by atoms with E-state index in [1.54, 1.807) is 4.90 Å². The number of carbonyl (C=O) groups is 1. The van der Waals surface area contributed by atoms with Crippen LogP contribution in [0.25, 0.3) is 6.08 Å². The van der Waals surface area contributed by atoms with E-state index in [9.17, 15) is 4.79 Å². The number of amides is 1. The molecule has 1 saturated carbocycles. The Morgan fingerprint density at radius 2 is 1.91 bits per heavy atom. The third kappa shape index (κ3) is 2.86. The van der Waals surface area contributed by atoms with Gasteiger partial charge in [-0.3, -0.25) is 9.69 Å². The molecule has 1 amide bonds. The van der Waals surface area contributed by atoms with Gasteiger partial charge in [0.05, 0.1) is 0 Å². The van der Waals surface area contributed by atoms with Crippen LogP contribution in [-0.4, -0.2) is 35.1 Å². The zero-order valence-corrected chi connectivity index (χ0v) is 13.8. The van der Waals surface area contributed by atoms with E-state index in [-0.39, 0.29) is 5.91 Å². The first-order chi connectivity index (χ1) is 10.6. The molecule has 1 aromatic rings. The molecule has 2 fully saturated rings. The van der Waals surface area contributed by atoms with Crippen molar-refractivity contribution in [1.82, 2.24) is 10.2 Å². The molecule has 2 aliphatic rings. The van der Waals surface area contributed by atoms with Crippen LogP contribution < -0.4 is 10.2 Å². The first kappa shape index (κ1) is 15.0. The second-order valence-corrected chi connectivity index (χ2v) is 6.05. The van der Waals surface area contributed by atoms with Gasteiger partial charge in [-0.15, -0.1) is 0 Å². The zero-order valence-electron chi connectivity index (χ0n) is 13.0. The van der Waals surface area contributed by atoms with Crippen LogP contribution in [0.3, 0.4) is 0 Å². The fourth-order valence-electron chi connectivity index (χ4n) is 2.75. The number of hydrogen-bond donors (Lipinski definition) is 1. The molecule has 1 aromatic carbocycles. The SMILES string of the molecule is CCN(CC)c1ccc(/C=C2/NC(=S)N(C3CC3)C2=O)cc1. The zero-order chi connectivity index (χ0) is 15.7. The molecule has 1 aliphatic carbocycles. The number of nitrogens with one attached hydrogen (secondary N) is 1. The van der Waals surface area contributed by atoms with E-state index in [2.05, 4.69) is 36.2 Å². The Balaban J connectivity index is 1.77. The predicted molar refractivity (Wildman–Crippen MR) is 93.6 cm³/mol. The molecule has 1 heterocycles. The minimum Gasteiger partial charge on any atom is -0.372 e. The van der Waals surface area contributed by atoms with Gasteiger partial charge >= 0.3 is 0 Å². The van der Waals surface area contributed by atoms with Gasteiger partial charge in [0.1, 0.15) is 5.70 Å². The second-order valence-electron chi connectivity index (χ2n) is 5.66. The van der Waals surface area contributed by atoms with E-state index in [4.69, 9.17) is 12.2 Å². The first-order valence-electron chi connectivity index (χ1n) is 7.85. The van der Waals surface area contributed by atoms with Crippen molar-refractivity contribution in [3.63, 3.8) is 0 Å². The average Bonchev–Trinajstić information content (AvgIpc) is 3.30. The summed E-state index contributed by atoms with van der Waals surface area (Å²) in [6.07, 6.45) is 3.99.